The molecule has 20 heavy (non-hydrogen) atoms. The Morgan fingerprint density at radius 1 is 1.35 bits per heavy atom. The number of nitrogens with one attached hydrogen (secondary N) is 1. The first-order valence-electron chi connectivity index (χ1n) is 7.94. The summed E-state index contributed by atoms with van der Waals surface area (Å²) < 4.78 is 5.89. The summed E-state index contributed by atoms with van der Waals surface area (Å²) in [5.74, 6) is 0.989. The lowest BCUT2D eigenvalue weighted by molar-refractivity contribution is 0.138. The maximum atomic E-state index is 5.89. The smallest absolute Gasteiger partial charge is 0.119 e. The van der Waals surface area contributed by atoms with E-state index >= 15 is 0 Å². The first-order chi connectivity index (χ1) is 9.79. The molecule has 1 heterocycles. The Kier molecular flexibility index (Phi) is 6.34. The molecule has 1 atom stereocenters. The van der Waals surface area contributed by atoms with Gasteiger partial charge in [-0.1, -0.05) is 19.1 Å². The summed E-state index contributed by atoms with van der Waals surface area (Å²) in [4.78, 5) is 2.59. The topological polar surface area (TPSA) is 24.5 Å². The van der Waals surface area contributed by atoms with Gasteiger partial charge in [0.2, 0.25) is 0 Å². The van der Waals surface area contributed by atoms with E-state index in [2.05, 4.69) is 42.3 Å². The molecule has 1 N–H and O–H groups in total. The fraction of sp³-hybridized carbons (Fsp3) is 0.647. The Morgan fingerprint density at radius 3 is 2.95 bits per heavy atom. The van der Waals surface area contributed by atoms with E-state index in [1.54, 1.807) is 0 Å². The van der Waals surface area contributed by atoms with Crippen LogP contribution in [0, 0.1) is 6.92 Å². The second kappa shape index (κ2) is 8.28. The van der Waals surface area contributed by atoms with Gasteiger partial charge < -0.3 is 10.1 Å². The van der Waals surface area contributed by atoms with Crippen molar-refractivity contribution in [3.8, 4) is 5.75 Å². The standard InChI is InChI=1S/C17H28N2O/c1-3-10-19(16-7-5-9-18-14-16)11-12-20-17-8-4-6-15(2)13-17/h4,6,8,13,16,18H,3,5,7,9-12,14H2,1-2H3. The van der Waals surface area contributed by atoms with Gasteiger partial charge in [-0.3, -0.25) is 4.90 Å². The highest BCUT2D eigenvalue weighted by molar-refractivity contribution is 5.27. The zero-order chi connectivity index (χ0) is 14.2. The minimum Gasteiger partial charge on any atom is -0.492 e. The monoisotopic (exact) mass is 276 g/mol. The molecule has 2 rings (SSSR count). The van der Waals surface area contributed by atoms with Crippen LogP contribution in [0.2, 0.25) is 0 Å². The molecule has 0 saturated carbocycles. The predicted molar refractivity (Wildman–Crippen MR) is 84.4 cm³/mol. The second-order valence-corrected chi connectivity index (χ2v) is 5.70. The van der Waals surface area contributed by atoms with E-state index in [9.17, 15) is 0 Å². The van der Waals surface area contributed by atoms with Gasteiger partial charge in [0.05, 0.1) is 0 Å². The number of nitrogens with zero attached hydrogens (tertiary/aromatic N) is 1. The SMILES string of the molecule is CCCN(CCOc1cccc(C)c1)C1CCCNC1. The molecule has 0 spiro atoms. The molecular weight excluding hydrogens is 248 g/mol. The van der Waals surface area contributed by atoms with Gasteiger partial charge in [0.15, 0.2) is 0 Å². The summed E-state index contributed by atoms with van der Waals surface area (Å²) in [6.07, 6.45) is 3.82. The van der Waals surface area contributed by atoms with Crippen molar-refractivity contribution in [2.24, 2.45) is 0 Å². The van der Waals surface area contributed by atoms with Crippen molar-refractivity contribution in [3.63, 3.8) is 0 Å². The molecule has 0 bridgehead atoms. The van der Waals surface area contributed by atoms with E-state index in [-0.39, 0.29) is 0 Å². The Morgan fingerprint density at radius 2 is 2.25 bits per heavy atom. The minimum absolute atomic E-state index is 0.685. The Hall–Kier alpha value is -1.06. The zero-order valence-electron chi connectivity index (χ0n) is 12.9. The Bertz CT molecular complexity index is 388. The normalized spacial score (nSPS) is 19.2. The molecular formula is C17H28N2O. The summed E-state index contributed by atoms with van der Waals surface area (Å²) in [5.41, 5.74) is 1.25. The number of piperidine rings is 1. The number of hydrogen-bond donors (Lipinski definition) is 1. The maximum Gasteiger partial charge on any atom is 0.119 e. The Balaban J connectivity index is 1.79. The van der Waals surface area contributed by atoms with Crippen molar-refractivity contribution in [1.29, 1.82) is 0 Å². The minimum atomic E-state index is 0.685. The van der Waals surface area contributed by atoms with Gasteiger partial charge in [-0.25, -0.2) is 0 Å². The summed E-state index contributed by atoms with van der Waals surface area (Å²) >= 11 is 0. The lowest BCUT2D eigenvalue weighted by atomic mass is 10.1. The zero-order valence-corrected chi connectivity index (χ0v) is 12.9. The molecule has 3 heteroatoms. The molecule has 1 fully saturated rings. The van der Waals surface area contributed by atoms with Gasteiger partial charge in [-0.2, -0.15) is 0 Å². The highest BCUT2D eigenvalue weighted by atomic mass is 16.5. The molecule has 1 saturated heterocycles. The van der Waals surface area contributed by atoms with Gasteiger partial charge in [0, 0.05) is 19.1 Å². The second-order valence-electron chi connectivity index (χ2n) is 5.70. The average Bonchev–Trinajstić information content (AvgIpc) is 2.47. The van der Waals surface area contributed by atoms with Crippen LogP contribution in [0.25, 0.3) is 0 Å². The van der Waals surface area contributed by atoms with E-state index in [4.69, 9.17) is 4.74 Å². The molecule has 0 aliphatic carbocycles. The molecule has 1 aromatic carbocycles. The first-order valence-corrected chi connectivity index (χ1v) is 7.94. The third-order valence-corrected chi connectivity index (χ3v) is 3.93. The van der Waals surface area contributed by atoms with Crippen molar-refractivity contribution in [2.75, 3.05) is 32.8 Å². The van der Waals surface area contributed by atoms with E-state index in [0.717, 1.165) is 25.4 Å². The molecule has 0 amide bonds. The molecule has 0 aromatic heterocycles. The van der Waals surface area contributed by atoms with Crippen LogP contribution < -0.4 is 10.1 Å². The van der Waals surface area contributed by atoms with Gasteiger partial charge in [0.25, 0.3) is 0 Å². The number of aryl methyl sites for hydroxylation is 1. The molecule has 1 aliphatic rings. The van der Waals surface area contributed by atoms with Crippen molar-refractivity contribution in [3.05, 3.63) is 29.8 Å². The summed E-state index contributed by atoms with van der Waals surface area (Å²) in [6, 6.07) is 8.99. The third-order valence-electron chi connectivity index (χ3n) is 3.93. The largest absolute Gasteiger partial charge is 0.492 e. The van der Waals surface area contributed by atoms with Gasteiger partial charge in [-0.15, -0.1) is 0 Å². The van der Waals surface area contributed by atoms with Crippen LogP contribution in [0.3, 0.4) is 0 Å². The third kappa shape index (κ3) is 4.80. The molecule has 112 valence electrons. The molecule has 1 unspecified atom stereocenters. The molecule has 0 radical (unpaired) electrons. The maximum absolute atomic E-state index is 5.89. The quantitative estimate of drug-likeness (QED) is 0.829. The lowest BCUT2D eigenvalue weighted by Crippen LogP contribution is -2.47. The van der Waals surface area contributed by atoms with Crippen LogP contribution in [0.15, 0.2) is 24.3 Å². The van der Waals surface area contributed by atoms with Gasteiger partial charge >= 0.3 is 0 Å². The van der Waals surface area contributed by atoms with Gasteiger partial charge in [-0.05, 0) is 57.0 Å². The van der Waals surface area contributed by atoms with Crippen molar-refractivity contribution < 1.29 is 4.74 Å². The van der Waals surface area contributed by atoms with Crippen molar-refractivity contribution in [1.82, 2.24) is 10.2 Å². The van der Waals surface area contributed by atoms with E-state index in [0.29, 0.717) is 6.04 Å². The van der Waals surface area contributed by atoms with Crippen molar-refractivity contribution >= 4 is 0 Å². The van der Waals surface area contributed by atoms with Crippen molar-refractivity contribution in [2.45, 2.75) is 39.2 Å². The number of benzene rings is 1. The predicted octanol–water partition coefficient (Wildman–Crippen LogP) is 2.84. The Labute approximate surface area is 123 Å². The van der Waals surface area contributed by atoms with Gasteiger partial charge in [0.1, 0.15) is 12.4 Å². The molecule has 3 nitrogen and oxygen atoms in total. The summed E-state index contributed by atoms with van der Waals surface area (Å²) in [5, 5.41) is 3.51. The van der Waals surface area contributed by atoms with Crippen LogP contribution in [0.1, 0.15) is 31.7 Å². The van der Waals surface area contributed by atoms with Crippen LogP contribution in [0.4, 0.5) is 0 Å². The average molecular weight is 276 g/mol. The van der Waals surface area contributed by atoms with E-state index in [1.165, 1.54) is 37.9 Å². The fourth-order valence-electron chi connectivity index (χ4n) is 2.90. The summed E-state index contributed by atoms with van der Waals surface area (Å²) in [6.45, 7) is 9.63. The van der Waals surface area contributed by atoms with Crippen LogP contribution in [-0.4, -0.2) is 43.7 Å². The van der Waals surface area contributed by atoms with Crippen LogP contribution >= 0.6 is 0 Å². The number of hydrogen-bond acceptors (Lipinski definition) is 3. The molecule has 1 aromatic rings. The van der Waals surface area contributed by atoms with Crippen LogP contribution in [-0.2, 0) is 0 Å². The fourth-order valence-corrected chi connectivity index (χ4v) is 2.90. The molecule has 1 aliphatic heterocycles. The van der Waals surface area contributed by atoms with E-state index in [1.807, 2.05) is 6.07 Å². The highest BCUT2D eigenvalue weighted by Gasteiger charge is 2.19. The number of rotatable bonds is 7. The first kappa shape index (κ1) is 15.3. The number of ether oxygens (including phenoxy) is 1. The van der Waals surface area contributed by atoms with E-state index < -0.39 is 0 Å². The highest BCUT2D eigenvalue weighted by Crippen LogP contribution is 2.14. The van der Waals surface area contributed by atoms with Crippen LogP contribution in [0.5, 0.6) is 5.75 Å². The summed E-state index contributed by atoms with van der Waals surface area (Å²) in [7, 11) is 0. The lowest BCUT2D eigenvalue weighted by Gasteiger charge is -2.34.